The lowest BCUT2D eigenvalue weighted by Gasteiger charge is -2.11. The van der Waals surface area contributed by atoms with E-state index in [1.54, 1.807) is 90.4 Å². The molecule has 2 fully saturated rings. The second-order valence-corrected chi connectivity index (χ2v) is 51.5. The molecule has 0 bridgehead atoms. The molecule has 0 atom stereocenters. The molecule has 0 spiro atoms. The fourth-order valence-corrected chi connectivity index (χ4v) is 21.5. The minimum atomic E-state index is -3.45. The number of hydrogen-bond acceptors (Lipinski definition) is 16. The maximum atomic E-state index is 13.7. The molecule has 0 aliphatic heterocycles. The predicted octanol–water partition coefficient (Wildman–Crippen LogP) is 31.9. The van der Waals surface area contributed by atoms with Gasteiger partial charge in [-0.05, 0) is 294 Å². The van der Waals surface area contributed by atoms with Crippen molar-refractivity contribution in [3.05, 3.63) is 370 Å². The molecular formula is C116H144Cl3F5N10O10S5. The van der Waals surface area contributed by atoms with Crippen LogP contribution in [0, 0.1) is 69.9 Å². The topological polar surface area (TPSA) is 267 Å². The molecule has 13 aromatic rings. The smallest absolute Gasteiger partial charge is 0.190 e. The number of halogens is 8. The Kier molecular flexibility index (Phi) is 50.3. The highest BCUT2D eigenvalue weighted by atomic mass is 35.5. The zero-order valence-electron chi connectivity index (χ0n) is 90.7. The summed E-state index contributed by atoms with van der Waals surface area (Å²) in [7, 11) is -16.3. The molecule has 33 heteroatoms. The van der Waals surface area contributed by atoms with Crippen molar-refractivity contribution in [2.45, 2.75) is 306 Å². The van der Waals surface area contributed by atoms with E-state index in [2.05, 4.69) is 152 Å². The average Bonchev–Trinajstić information content (AvgIpc) is 1.65. The van der Waals surface area contributed by atoms with E-state index in [1.165, 1.54) is 93.7 Å². The van der Waals surface area contributed by atoms with Crippen molar-refractivity contribution in [3.8, 4) is 11.4 Å². The van der Waals surface area contributed by atoms with Gasteiger partial charge in [0, 0.05) is 57.1 Å². The molecule has 20 nitrogen and oxygen atoms in total. The number of nitrogens with zero attached hydrogens (tertiary/aromatic N) is 10. The molecule has 2 saturated carbocycles. The molecule has 4 aromatic heterocycles. The van der Waals surface area contributed by atoms with Crippen LogP contribution in [0.25, 0.3) is 21.1 Å². The van der Waals surface area contributed by atoms with Gasteiger partial charge in [0.25, 0.3) is 0 Å². The third-order valence-corrected chi connectivity index (χ3v) is 32.6. The Morgan fingerprint density at radius 3 is 0.980 bits per heavy atom. The Bertz CT molecular complexity index is 6980. The number of aromatic nitrogens is 8. The SMILES string of the molecule is CC(C)c1ccc(-n2cncn2)cc1F.CC(C)c1ccc(S(=O)(=O)C2CC2)cc1Cl.CC(C)c1ccc(S(=O)(=O)C2CC2)cc1F.CC(C)c1ccc(S(C)(=O)=O)c(F)c1.CC(C)c1ccc(S(C)(=O)=O)cc1Cl.CC(C)c1ccc(S(C)(=O)=O)cc1F.Cc1cc(-n2cncn2)ccc1C(C)C.Cc1ccc(C(C)C)c(C)n1.Cc1ncccc1C(C)C.[C-]#[N+]c1ccc(C(C)C)c(Cl)c1.[C-]#[N+]c1ccc(C(C)C)c(F)c1. The molecule has 4 heterocycles. The van der Waals surface area contributed by atoms with Gasteiger partial charge in [0.1, 0.15) is 59.3 Å². The minimum Gasteiger partial charge on any atom is -0.261 e. The lowest BCUT2D eigenvalue weighted by Crippen LogP contribution is -2.08. The van der Waals surface area contributed by atoms with Gasteiger partial charge < -0.3 is 0 Å². The molecule has 0 N–H and O–H groups in total. The second kappa shape index (κ2) is 58.4. The number of pyridine rings is 2. The predicted molar refractivity (Wildman–Crippen MR) is 597 cm³/mol. The fraction of sp³-hybridized carbons (Fsp3) is 0.397. The highest BCUT2D eigenvalue weighted by Gasteiger charge is 2.38. The van der Waals surface area contributed by atoms with E-state index in [9.17, 15) is 64.0 Å². The Labute approximate surface area is 898 Å². The molecule has 804 valence electrons. The van der Waals surface area contributed by atoms with Gasteiger partial charge >= 0.3 is 0 Å². The minimum absolute atomic E-state index is 0.0272. The molecule has 0 unspecified atom stereocenters. The summed E-state index contributed by atoms with van der Waals surface area (Å²) in [6, 6.07) is 52.4. The van der Waals surface area contributed by atoms with Crippen LogP contribution in [0.2, 0.25) is 15.1 Å². The zero-order valence-corrected chi connectivity index (χ0v) is 97.1. The van der Waals surface area contributed by atoms with Gasteiger partial charge in [0.2, 0.25) is 0 Å². The van der Waals surface area contributed by atoms with E-state index in [-0.39, 0.29) is 71.3 Å². The number of aryl methyl sites for hydroxylation is 4. The second-order valence-electron chi connectivity index (χ2n) is 39.8. The van der Waals surface area contributed by atoms with Crippen LogP contribution in [0.5, 0.6) is 0 Å². The molecule has 9 aromatic carbocycles. The molecule has 2 aliphatic rings. The van der Waals surface area contributed by atoms with Crippen LogP contribution in [0.3, 0.4) is 0 Å². The molecule has 0 saturated heterocycles. The highest BCUT2D eigenvalue weighted by molar-refractivity contribution is 7.93. The van der Waals surface area contributed by atoms with Gasteiger partial charge in [0.05, 0.1) is 54.6 Å². The summed E-state index contributed by atoms with van der Waals surface area (Å²) in [6.07, 6.45) is 14.3. The summed E-state index contributed by atoms with van der Waals surface area (Å²) in [5.74, 6) is 1.43. The summed E-state index contributed by atoms with van der Waals surface area (Å²) in [5, 5.41) is 9.36. The Morgan fingerprint density at radius 1 is 0.329 bits per heavy atom. The summed E-state index contributed by atoms with van der Waals surface area (Å²) in [6.45, 7) is 66.3. The van der Waals surface area contributed by atoms with E-state index in [0.29, 0.717) is 102 Å². The van der Waals surface area contributed by atoms with Crippen molar-refractivity contribution in [1.82, 2.24) is 39.5 Å². The zero-order chi connectivity index (χ0) is 113. The quantitative estimate of drug-likeness (QED) is 0.0507. The van der Waals surface area contributed by atoms with Crippen molar-refractivity contribution in [2.24, 2.45) is 0 Å². The summed E-state index contributed by atoms with van der Waals surface area (Å²) < 4.78 is 185. The monoisotopic (exact) mass is 2200 g/mol. The summed E-state index contributed by atoms with van der Waals surface area (Å²) in [5.41, 5.74) is 17.9. The van der Waals surface area contributed by atoms with E-state index in [4.69, 9.17) is 47.9 Å². The largest absolute Gasteiger partial charge is 0.261 e. The maximum absolute atomic E-state index is 13.7. The first-order chi connectivity index (χ1) is 69.3. The third kappa shape index (κ3) is 40.5. The van der Waals surface area contributed by atoms with Crippen molar-refractivity contribution < 1.29 is 64.0 Å². The number of rotatable bonds is 20. The van der Waals surface area contributed by atoms with Gasteiger partial charge in [-0.1, -0.05) is 266 Å². The van der Waals surface area contributed by atoms with E-state index >= 15 is 0 Å². The molecule has 0 radical (unpaired) electrons. The van der Waals surface area contributed by atoms with Crippen molar-refractivity contribution in [1.29, 1.82) is 0 Å². The normalized spacial score (nSPS) is 12.3. The Balaban J connectivity index is 0.000000289. The first-order valence-corrected chi connectivity index (χ1v) is 59.1. The first kappa shape index (κ1) is 128. The fourth-order valence-electron chi connectivity index (χ4n) is 14.8. The molecule has 15 rings (SSSR count). The van der Waals surface area contributed by atoms with E-state index in [1.807, 2.05) is 134 Å². The first-order valence-electron chi connectivity index (χ1n) is 49.2. The molecule has 149 heavy (non-hydrogen) atoms. The third-order valence-electron chi connectivity index (χ3n) is 23.7. The molecule has 2 aliphatic carbocycles. The van der Waals surface area contributed by atoms with Crippen LogP contribution in [0.15, 0.2) is 244 Å². The van der Waals surface area contributed by atoms with Crippen molar-refractivity contribution in [2.75, 3.05) is 18.8 Å². The van der Waals surface area contributed by atoms with Crippen LogP contribution < -0.4 is 0 Å². The van der Waals surface area contributed by atoms with Gasteiger partial charge in [-0.25, -0.2) is 93.1 Å². The van der Waals surface area contributed by atoms with Crippen LogP contribution >= 0.6 is 34.8 Å². The molecular weight excluding hydrogens is 2060 g/mol. The van der Waals surface area contributed by atoms with Crippen LogP contribution in [0.4, 0.5) is 33.3 Å². The van der Waals surface area contributed by atoms with Gasteiger partial charge in [0.15, 0.2) is 60.6 Å². The number of sulfone groups is 5. The van der Waals surface area contributed by atoms with Crippen LogP contribution in [-0.4, -0.2) is 111 Å². The van der Waals surface area contributed by atoms with Gasteiger partial charge in [-0.15, -0.1) is 0 Å². The summed E-state index contributed by atoms with van der Waals surface area (Å²) >= 11 is 18.0. The lowest BCUT2D eigenvalue weighted by atomic mass is 9.98. The molecule has 0 amide bonds. The van der Waals surface area contributed by atoms with Crippen LogP contribution in [0.1, 0.15) is 327 Å². The average molecular weight is 2200 g/mol. The van der Waals surface area contributed by atoms with E-state index < -0.39 is 66.6 Å². The van der Waals surface area contributed by atoms with Gasteiger partial charge in [-0.3, -0.25) is 9.97 Å². The lowest BCUT2D eigenvalue weighted by molar-refractivity contribution is 0.568. The van der Waals surface area contributed by atoms with Crippen molar-refractivity contribution >= 4 is 95.4 Å². The van der Waals surface area contributed by atoms with Crippen molar-refractivity contribution in [3.63, 3.8) is 0 Å². The Hall–Kier alpha value is -11.2. The van der Waals surface area contributed by atoms with E-state index in [0.717, 1.165) is 82.4 Å². The van der Waals surface area contributed by atoms with Crippen LogP contribution in [-0.2, 0) is 49.2 Å². The Morgan fingerprint density at radius 2 is 0.658 bits per heavy atom. The number of benzene rings is 9. The maximum Gasteiger partial charge on any atom is 0.190 e. The standard InChI is InChI=1S/C12H15ClO2S.C12H15FO2S.C12H15N3.C11H12FN3.C10H10ClN.C10H13ClO2S.C10H10FN.2C10H13FO2S.C10H15N.C9H13N/c2*1-8(2)11-6-5-10(7-12(11)13)16(14,15)9-3-4-9;1-9(2)12-5-4-11(6-10(12)3)15-8-13-7-14-15;1-8(2)10-4-3-9(5-11(10)12)15-7-13-6-14-15;1-7(2)9-5-4-8(12-3)6-10(9)11;1-7(2)9-5-4-8(6-10(9)11)14(3,12)13;1-7(2)9-5-4-8(12-3)6-10(9)11;1-7(2)9-5-4-8(6-10(9)11)14(3,12)13;1-7(2)8-4-5-10(9(11)6-8)14(3,12)13;1-7(2)10-6-5-8(3)11-9(10)4;1-7(2)9-5-4-6-10-8(9)3/h2*5-9H,3-4H2,1-2H3;4-9H,1-3H3;3-8H,1-2H3;4-7H,1-2H3;4-7H,1-3H3;4-7H,1-2H3;2*4-7H,1-3H3;5-7H,1-4H3;4-7H,1-3H3. The highest BCUT2D eigenvalue weighted by Crippen LogP contribution is 2.39. The summed E-state index contributed by atoms with van der Waals surface area (Å²) in [4.78, 5) is 23.3. The van der Waals surface area contributed by atoms with Gasteiger partial charge in [-0.2, -0.15) is 10.2 Å². The number of hydrogen-bond donors (Lipinski definition) is 0.